The van der Waals surface area contributed by atoms with E-state index in [1.165, 1.54) is 0 Å². The number of carbonyl (C=O) groups is 1. The standard InChI is InChI=1S/C15H17N5O2/c1-15(22,12-8-18-20(2)9-12)10-17-14(21)19-13-5-3-4-11(6-13)7-16/h3-6,8-9,22H,10H2,1-2H3,(H2,17,19,21). The molecule has 0 saturated carbocycles. The molecule has 1 aromatic carbocycles. The van der Waals surface area contributed by atoms with Crippen molar-refractivity contribution in [2.24, 2.45) is 7.05 Å². The van der Waals surface area contributed by atoms with Crippen molar-refractivity contribution in [3.63, 3.8) is 0 Å². The molecule has 7 nitrogen and oxygen atoms in total. The van der Waals surface area contributed by atoms with Crippen LogP contribution in [-0.4, -0.2) is 27.5 Å². The molecule has 114 valence electrons. The quantitative estimate of drug-likeness (QED) is 0.792. The Bertz CT molecular complexity index is 715. The van der Waals surface area contributed by atoms with Gasteiger partial charge in [-0.05, 0) is 25.1 Å². The van der Waals surface area contributed by atoms with E-state index in [9.17, 15) is 9.90 Å². The summed E-state index contributed by atoms with van der Waals surface area (Å²) >= 11 is 0. The summed E-state index contributed by atoms with van der Waals surface area (Å²) in [5, 5.41) is 28.4. The molecule has 1 unspecified atom stereocenters. The number of urea groups is 1. The van der Waals surface area contributed by atoms with Crippen molar-refractivity contribution in [1.82, 2.24) is 15.1 Å². The zero-order valence-electron chi connectivity index (χ0n) is 12.4. The lowest BCUT2D eigenvalue weighted by atomic mass is 10.00. The van der Waals surface area contributed by atoms with Gasteiger partial charge < -0.3 is 15.7 Å². The molecule has 0 aliphatic carbocycles. The molecular weight excluding hydrogens is 282 g/mol. The number of aliphatic hydroxyl groups is 1. The molecule has 0 bridgehead atoms. The van der Waals surface area contributed by atoms with E-state index in [1.54, 1.807) is 55.3 Å². The van der Waals surface area contributed by atoms with Gasteiger partial charge >= 0.3 is 6.03 Å². The average molecular weight is 299 g/mol. The third-order valence-corrected chi connectivity index (χ3v) is 3.17. The first-order valence-corrected chi connectivity index (χ1v) is 6.67. The van der Waals surface area contributed by atoms with Crippen molar-refractivity contribution in [1.29, 1.82) is 5.26 Å². The van der Waals surface area contributed by atoms with Gasteiger partial charge in [0.15, 0.2) is 0 Å². The number of nitrogens with one attached hydrogen (secondary N) is 2. The van der Waals surface area contributed by atoms with Crippen LogP contribution < -0.4 is 10.6 Å². The summed E-state index contributed by atoms with van der Waals surface area (Å²) in [7, 11) is 1.75. The second kappa shape index (κ2) is 6.28. The Morgan fingerprint density at radius 2 is 2.32 bits per heavy atom. The number of hydrogen-bond acceptors (Lipinski definition) is 4. The molecule has 1 atom stereocenters. The summed E-state index contributed by atoms with van der Waals surface area (Å²) in [5.41, 5.74) is 0.361. The Kier molecular flexibility index (Phi) is 4.44. The number of aryl methyl sites for hydroxylation is 1. The number of rotatable bonds is 4. The second-order valence-corrected chi connectivity index (χ2v) is 5.18. The van der Waals surface area contributed by atoms with Gasteiger partial charge in [0.1, 0.15) is 5.60 Å². The molecule has 22 heavy (non-hydrogen) atoms. The van der Waals surface area contributed by atoms with Crippen LogP contribution in [0.1, 0.15) is 18.1 Å². The first-order chi connectivity index (χ1) is 10.4. The second-order valence-electron chi connectivity index (χ2n) is 5.18. The maximum Gasteiger partial charge on any atom is 0.319 e. The van der Waals surface area contributed by atoms with Gasteiger partial charge in [-0.1, -0.05) is 6.07 Å². The zero-order chi connectivity index (χ0) is 16.2. The van der Waals surface area contributed by atoms with E-state index in [1.807, 2.05) is 6.07 Å². The molecule has 0 saturated heterocycles. The van der Waals surface area contributed by atoms with Gasteiger partial charge in [-0.3, -0.25) is 4.68 Å². The summed E-state index contributed by atoms with van der Waals surface area (Å²) in [4.78, 5) is 11.9. The van der Waals surface area contributed by atoms with E-state index < -0.39 is 11.6 Å². The number of aromatic nitrogens is 2. The van der Waals surface area contributed by atoms with Crippen LogP contribution in [0.3, 0.4) is 0 Å². The van der Waals surface area contributed by atoms with Crippen molar-refractivity contribution in [3.8, 4) is 6.07 Å². The highest BCUT2D eigenvalue weighted by Crippen LogP contribution is 2.18. The van der Waals surface area contributed by atoms with E-state index >= 15 is 0 Å². The van der Waals surface area contributed by atoms with E-state index in [2.05, 4.69) is 15.7 Å². The fourth-order valence-corrected chi connectivity index (χ4v) is 1.90. The highest BCUT2D eigenvalue weighted by molar-refractivity contribution is 5.89. The van der Waals surface area contributed by atoms with Crippen molar-refractivity contribution < 1.29 is 9.90 Å². The van der Waals surface area contributed by atoms with Gasteiger partial charge in [-0.25, -0.2) is 4.79 Å². The topological polar surface area (TPSA) is 103 Å². The lowest BCUT2D eigenvalue weighted by Crippen LogP contribution is -2.40. The summed E-state index contributed by atoms with van der Waals surface area (Å²) in [6.07, 6.45) is 3.24. The molecule has 0 fully saturated rings. The fraction of sp³-hybridized carbons (Fsp3) is 0.267. The lowest BCUT2D eigenvalue weighted by molar-refractivity contribution is 0.0599. The fourth-order valence-electron chi connectivity index (χ4n) is 1.90. The van der Waals surface area contributed by atoms with Gasteiger partial charge in [0.05, 0.1) is 24.4 Å². The van der Waals surface area contributed by atoms with E-state index in [-0.39, 0.29) is 6.54 Å². The largest absolute Gasteiger partial charge is 0.383 e. The van der Waals surface area contributed by atoms with Crippen LogP contribution in [0, 0.1) is 11.3 Å². The molecule has 0 aliphatic heterocycles. The number of amides is 2. The number of nitrogens with zero attached hydrogens (tertiary/aromatic N) is 3. The Morgan fingerprint density at radius 1 is 1.55 bits per heavy atom. The predicted octanol–water partition coefficient (Wildman–Crippen LogP) is 1.32. The predicted molar refractivity (Wildman–Crippen MR) is 81.0 cm³/mol. The Morgan fingerprint density at radius 3 is 2.95 bits per heavy atom. The summed E-state index contributed by atoms with van der Waals surface area (Å²) in [6, 6.07) is 8.12. The lowest BCUT2D eigenvalue weighted by Gasteiger charge is -2.22. The number of hydrogen-bond donors (Lipinski definition) is 3. The third kappa shape index (κ3) is 3.84. The van der Waals surface area contributed by atoms with Crippen LogP contribution in [0.5, 0.6) is 0 Å². The Hall–Kier alpha value is -2.85. The molecule has 1 aromatic heterocycles. The van der Waals surface area contributed by atoms with Gasteiger partial charge in [0.2, 0.25) is 0 Å². The van der Waals surface area contributed by atoms with Crippen LogP contribution in [-0.2, 0) is 12.6 Å². The molecular formula is C15H17N5O2. The van der Waals surface area contributed by atoms with Gasteiger partial charge in [-0.2, -0.15) is 10.4 Å². The first-order valence-electron chi connectivity index (χ1n) is 6.67. The molecule has 7 heteroatoms. The molecule has 3 N–H and O–H groups in total. The molecule has 2 amide bonds. The van der Waals surface area contributed by atoms with Crippen LogP contribution in [0.25, 0.3) is 0 Å². The maximum atomic E-state index is 11.9. The highest BCUT2D eigenvalue weighted by atomic mass is 16.3. The van der Waals surface area contributed by atoms with Crippen molar-refractivity contribution in [2.75, 3.05) is 11.9 Å². The SMILES string of the molecule is Cn1cc(C(C)(O)CNC(=O)Nc2cccc(C#N)c2)cn1. The third-order valence-electron chi connectivity index (χ3n) is 3.17. The van der Waals surface area contributed by atoms with E-state index in [0.717, 1.165) is 0 Å². The molecule has 0 aliphatic rings. The van der Waals surface area contributed by atoms with Gasteiger partial charge in [0.25, 0.3) is 0 Å². The van der Waals surface area contributed by atoms with Gasteiger partial charge in [-0.15, -0.1) is 0 Å². The molecule has 2 rings (SSSR count). The summed E-state index contributed by atoms with van der Waals surface area (Å²) < 4.78 is 1.58. The maximum absolute atomic E-state index is 11.9. The number of carbonyl (C=O) groups excluding carboxylic acids is 1. The van der Waals surface area contributed by atoms with E-state index in [0.29, 0.717) is 16.8 Å². The minimum absolute atomic E-state index is 0.0302. The molecule has 1 heterocycles. The number of anilines is 1. The molecule has 0 spiro atoms. The monoisotopic (exact) mass is 299 g/mol. The normalized spacial score (nSPS) is 13.0. The summed E-state index contributed by atoms with van der Waals surface area (Å²) in [5.74, 6) is 0. The minimum atomic E-state index is -1.22. The highest BCUT2D eigenvalue weighted by Gasteiger charge is 2.25. The molecule has 2 aromatic rings. The first kappa shape index (κ1) is 15.5. The summed E-state index contributed by atoms with van der Waals surface area (Å²) in [6.45, 7) is 1.63. The van der Waals surface area contributed by atoms with Crippen molar-refractivity contribution in [2.45, 2.75) is 12.5 Å². The Balaban J connectivity index is 1.93. The Labute approximate surface area is 128 Å². The van der Waals surface area contributed by atoms with Gasteiger partial charge in [0, 0.05) is 24.5 Å². The zero-order valence-corrected chi connectivity index (χ0v) is 12.4. The smallest absolute Gasteiger partial charge is 0.319 e. The van der Waals surface area contributed by atoms with Crippen molar-refractivity contribution in [3.05, 3.63) is 47.8 Å². The van der Waals surface area contributed by atoms with Crippen LogP contribution in [0.15, 0.2) is 36.7 Å². The van der Waals surface area contributed by atoms with Crippen LogP contribution in [0.4, 0.5) is 10.5 Å². The number of benzene rings is 1. The average Bonchev–Trinajstić information content (AvgIpc) is 2.93. The van der Waals surface area contributed by atoms with E-state index in [4.69, 9.17) is 5.26 Å². The minimum Gasteiger partial charge on any atom is -0.383 e. The molecule has 0 radical (unpaired) electrons. The number of nitriles is 1. The van der Waals surface area contributed by atoms with Crippen LogP contribution in [0.2, 0.25) is 0 Å². The van der Waals surface area contributed by atoms with Crippen LogP contribution >= 0.6 is 0 Å². The van der Waals surface area contributed by atoms with Crippen molar-refractivity contribution >= 4 is 11.7 Å².